The van der Waals surface area contributed by atoms with Crippen molar-refractivity contribution < 1.29 is 18.3 Å². The van der Waals surface area contributed by atoms with Gasteiger partial charge < -0.3 is 14.8 Å². The summed E-state index contributed by atoms with van der Waals surface area (Å²) in [4.78, 5) is 0. The highest BCUT2D eigenvalue weighted by molar-refractivity contribution is 6.34. The van der Waals surface area contributed by atoms with Gasteiger partial charge in [-0.1, -0.05) is 41.9 Å². The molecule has 39 heavy (non-hydrogen) atoms. The zero-order chi connectivity index (χ0) is 26.9. The van der Waals surface area contributed by atoms with Crippen LogP contribution in [-0.4, -0.2) is 22.4 Å². The summed E-state index contributed by atoms with van der Waals surface area (Å²) in [6.45, 7) is 0.917. The first kappa shape index (κ1) is 24.1. The second kappa shape index (κ2) is 8.80. The third kappa shape index (κ3) is 3.50. The molecule has 4 heterocycles. The first-order chi connectivity index (χ1) is 18.9. The molecule has 6 nitrogen and oxygen atoms in total. The Morgan fingerprint density at radius 3 is 2.74 bits per heavy atom. The minimum Gasteiger partial charge on any atom is -0.483 e. The Morgan fingerprint density at radius 1 is 1.18 bits per heavy atom. The Bertz CT molecular complexity index is 1690. The Labute approximate surface area is 228 Å². The standard InChI is InChI=1S/C30H23ClF2N4O2/c1-37-14-20-18-10-16(13-34)25(28(33)29(18)38-15-22(20)36-37)26-19-12-30(24-8-5-9-35-24,17-6-3-2-4-7-17)39-23(19)11-21(32)27(26)31/h2-4,6-7,10-11,14,24,35H,5,8-9,12,15H2,1H3/t24-,30-/m0/s1. The summed E-state index contributed by atoms with van der Waals surface area (Å²) in [6, 6.07) is 14.7. The molecule has 1 fully saturated rings. The molecule has 0 unspecified atom stereocenters. The Morgan fingerprint density at radius 2 is 2.00 bits per heavy atom. The number of nitrogens with zero attached hydrogens (tertiary/aromatic N) is 3. The number of benzene rings is 3. The molecule has 7 rings (SSSR count). The largest absolute Gasteiger partial charge is 0.483 e. The summed E-state index contributed by atoms with van der Waals surface area (Å²) in [5.74, 6) is -1.22. The van der Waals surface area contributed by atoms with E-state index in [1.807, 2.05) is 30.3 Å². The van der Waals surface area contributed by atoms with Gasteiger partial charge in [0.25, 0.3) is 0 Å². The minimum atomic E-state index is -0.843. The number of hydrogen-bond donors (Lipinski definition) is 1. The molecule has 0 radical (unpaired) electrons. The number of ether oxygens (including phenoxy) is 2. The van der Waals surface area contributed by atoms with Gasteiger partial charge in [-0.3, -0.25) is 4.68 Å². The molecule has 3 aromatic carbocycles. The van der Waals surface area contributed by atoms with Crippen LogP contribution in [0.15, 0.2) is 48.7 Å². The fraction of sp³-hybridized carbons (Fsp3) is 0.267. The number of nitrogens with one attached hydrogen (secondary N) is 1. The van der Waals surface area contributed by atoms with E-state index in [0.717, 1.165) is 24.9 Å². The lowest BCUT2D eigenvalue weighted by molar-refractivity contribution is 0.0539. The van der Waals surface area contributed by atoms with Crippen LogP contribution in [0.1, 0.15) is 35.2 Å². The van der Waals surface area contributed by atoms with Crippen LogP contribution in [0.4, 0.5) is 8.78 Å². The molecular weight excluding hydrogens is 522 g/mol. The second-order valence-corrected chi connectivity index (χ2v) is 10.6. The van der Waals surface area contributed by atoms with Crippen LogP contribution in [0.2, 0.25) is 5.02 Å². The molecule has 9 heteroatoms. The van der Waals surface area contributed by atoms with Crippen LogP contribution >= 0.6 is 11.6 Å². The van der Waals surface area contributed by atoms with Gasteiger partial charge in [-0.05, 0) is 31.0 Å². The monoisotopic (exact) mass is 544 g/mol. The number of aryl methyl sites for hydroxylation is 1. The van der Waals surface area contributed by atoms with Crippen LogP contribution in [-0.2, 0) is 25.7 Å². The van der Waals surface area contributed by atoms with E-state index in [2.05, 4.69) is 16.5 Å². The van der Waals surface area contributed by atoms with Crippen molar-refractivity contribution in [2.75, 3.05) is 6.54 Å². The Hall–Kier alpha value is -3.93. The summed E-state index contributed by atoms with van der Waals surface area (Å²) >= 11 is 6.60. The lowest BCUT2D eigenvalue weighted by atomic mass is 9.80. The summed E-state index contributed by atoms with van der Waals surface area (Å²) in [7, 11) is 1.77. The van der Waals surface area contributed by atoms with Crippen LogP contribution in [0.25, 0.3) is 22.3 Å². The van der Waals surface area contributed by atoms with E-state index in [-0.39, 0.29) is 40.1 Å². The van der Waals surface area contributed by atoms with Crippen molar-refractivity contribution in [3.05, 3.63) is 87.7 Å². The van der Waals surface area contributed by atoms with E-state index in [1.165, 1.54) is 6.07 Å². The SMILES string of the molecule is Cn1cc2c(n1)COc1c-2cc(C#N)c(-c2c(Cl)c(F)cc3c2C[C@](c2ccccc2)([C@@H]2CCCN2)O3)c1F. The van der Waals surface area contributed by atoms with Crippen molar-refractivity contribution >= 4 is 11.6 Å². The van der Waals surface area contributed by atoms with Gasteiger partial charge in [-0.15, -0.1) is 0 Å². The third-order valence-electron chi connectivity index (χ3n) is 8.04. The molecule has 196 valence electrons. The maximum Gasteiger partial charge on any atom is 0.174 e. The highest BCUT2D eigenvalue weighted by Gasteiger charge is 2.50. The molecule has 4 aromatic rings. The summed E-state index contributed by atoms with van der Waals surface area (Å²) < 4.78 is 45.9. The van der Waals surface area contributed by atoms with Crippen molar-refractivity contribution in [1.29, 1.82) is 5.26 Å². The fourth-order valence-electron chi connectivity index (χ4n) is 6.33. The van der Waals surface area contributed by atoms with Crippen LogP contribution in [0.3, 0.4) is 0 Å². The molecule has 0 spiro atoms. The van der Waals surface area contributed by atoms with Gasteiger partial charge in [0.1, 0.15) is 23.9 Å². The molecular formula is C30H23ClF2N4O2. The van der Waals surface area contributed by atoms with E-state index in [4.69, 9.17) is 21.1 Å². The molecule has 0 aliphatic carbocycles. The second-order valence-electron chi connectivity index (χ2n) is 10.3. The zero-order valence-electron chi connectivity index (χ0n) is 21.0. The van der Waals surface area contributed by atoms with Gasteiger partial charge in [0.15, 0.2) is 17.2 Å². The highest BCUT2D eigenvalue weighted by atomic mass is 35.5. The quantitative estimate of drug-likeness (QED) is 0.341. The first-order valence-corrected chi connectivity index (χ1v) is 13.2. The summed E-state index contributed by atoms with van der Waals surface area (Å²) in [5, 5.41) is 17.8. The van der Waals surface area contributed by atoms with Crippen LogP contribution in [0.5, 0.6) is 11.5 Å². The van der Waals surface area contributed by atoms with Crippen molar-refractivity contribution in [3.8, 4) is 39.8 Å². The number of rotatable bonds is 3. The maximum atomic E-state index is 16.4. The number of hydrogen-bond acceptors (Lipinski definition) is 5. The van der Waals surface area contributed by atoms with Gasteiger partial charge in [-0.2, -0.15) is 10.4 Å². The van der Waals surface area contributed by atoms with Crippen molar-refractivity contribution in [2.24, 2.45) is 7.05 Å². The molecule has 3 aliphatic heterocycles. The number of nitriles is 1. The molecule has 1 saturated heterocycles. The van der Waals surface area contributed by atoms with Gasteiger partial charge in [0, 0.05) is 53.5 Å². The molecule has 3 aliphatic rings. The normalized spacial score (nSPS) is 20.9. The van der Waals surface area contributed by atoms with E-state index in [1.54, 1.807) is 24.0 Å². The van der Waals surface area contributed by atoms with E-state index < -0.39 is 17.2 Å². The molecule has 0 amide bonds. The van der Waals surface area contributed by atoms with Crippen molar-refractivity contribution in [2.45, 2.75) is 37.5 Å². The van der Waals surface area contributed by atoms with Gasteiger partial charge in [0.05, 0.1) is 22.7 Å². The topological polar surface area (TPSA) is 72.1 Å². The lowest BCUT2D eigenvalue weighted by Crippen LogP contribution is -2.48. The first-order valence-electron chi connectivity index (χ1n) is 12.8. The molecule has 2 atom stereocenters. The molecule has 0 bridgehead atoms. The van der Waals surface area contributed by atoms with Crippen LogP contribution in [0, 0.1) is 23.0 Å². The molecule has 1 aromatic heterocycles. The zero-order valence-corrected chi connectivity index (χ0v) is 21.8. The number of aromatic nitrogens is 2. The fourth-order valence-corrected chi connectivity index (χ4v) is 6.60. The predicted octanol–water partition coefficient (Wildman–Crippen LogP) is 6.03. The van der Waals surface area contributed by atoms with Gasteiger partial charge in [-0.25, -0.2) is 8.78 Å². The Kier molecular flexibility index (Phi) is 5.45. The Balaban J connectivity index is 1.46. The van der Waals surface area contributed by atoms with Gasteiger partial charge >= 0.3 is 0 Å². The van der Waals surface area contributed by atoms with E-state index in [9.17, 15) is 5.26 Å². The third-order valence-corrected chi connectivity index (χ3v) is 8.41. The number of halogens is 3. The van der Waals surface area contributed by atoms with Crippen molar-refractivity contribution in [3.63, 3.8) is 0 Å². The van der Waals surface area contributed by atoms with Crippen LogP contribution < -0.4 is 14.8 Å². The summed E-state index contributed by atoms with van der Waals surface area (Å²) in [6.07, 6.45) is 3.94. The summed E-state index contributed by atoms with van der Waals surface area (Å²) in [5.41, 5.74) is 2.48. The van der Waals surface area contributed by atoms with Crippen molar-refractivity contribution in [1.82, 2.24) is 15.1 Å². The lowest BCUT2D eigenvalue weighted by Gasteiger charge is -2.35. The highest BCUT2D eigenvalue weighted by Crippen LogP contribution is 2.53. The minimum absolute atomic E-state index is 0.00993. The number of fused-ring (bicyclic) bond motifs is 4. The average Bonchev–Trinajstić information content (AvgIpc) is 3.69. The molecule has 1 N–H and O–H groups in total. The molecule has 0 saturated carbocycles. The van der Waals surface area contributed by atoms with E-state index in [0.29, 0.717) is 34.6 Å². The average molecular weight is 545 g/mol. The maximum absolute atomic E-state index is 16.4. The van der Waals surface area contributed by atoms with E-state index >= 15 is 8.78 Å². The van der Waals surface area contributed by atoms with Gasteiger partial charge in [0.2, 0.25) is 0 Å². The smallest absolute Gasteiger partial charge is 0.174 e. The predicted molar refractivity (Wildman–Crippen MR) is 142 cm³/mol.